The molecule has 3 aromatic heterocycles. The first-order valence-corrected chi connectivity index (χ1v) is 20.6. The monoisotopic (exact) mass is 807 g/mol. The standard InChI is InChI=1S/C42H55F2N7O5S/c1-23(2)24(3)36(45-7)39(52)48-31-18-35-47-32(21-57-35)26-13-14-33-28(17-26)29(19-42(5,6)22-56-41(54)30-12-10-16-51(49-30)40(31)53)38(50(33)20-34(43)44)27-11-9-15-46-37(27)25(4)55-8/h9,11,13-15,17,21,23-25,30-31,34,36,45,49H,10,12,16,18-20,22H2,1-8H3,(H,48,52)/t24?,25-,30-,31-,36?/m0/s1. The normalized spacial score (nSPS) is 20.7. The zero-order valence-electron chi connectivity index (χ0n) is 34.0. The van der Waals surface area contributed by atoms with Gasteiger partial charge in [0.2, 0.25) is 5.91 Å². The Bertz CT molecular complexity index is 2080. The minimum absolute atomic E-state index is 0.0173. The van der Waals surface area contributed by atoms with Crippen LogP contribution in [0.4, 0.5) is 8.78 Å². The number of ether oxygens (including phenoxy) is 2. The number of fused-ring (bicyclic) bond motifs is 6. The van der Waals surface area contributed by atoms with Crippen LogP contribution in [0.2, 0.25) is 0 Å². The van der Waals surface area contributed by atoms with Gasteiger partial charge >= 0.3 is 5.97 Å². The van der Waals surface area contributed by atoms with E-state index in [1.807, 2.05) is 71.2 Å². The maximum atomic E-state index is 14.5. The lowest BCUT2D eigenvalue weighted by atomic mass is 9.84. The summed E-state index contributed by atoms with van der Waals surface area (Å²) in [4.78, 5) is 51.4. The molecule has 5 heterocycles. The molecule has 1 fully saturated rings. The number of rotatable bonds is 10. The smallest absolute Gasteiger partial charge is 0.324 e. The second kappa shape index (κ2) is 17.7. The van der Waals surface area contributed by atoms with E-state index in [-0.39, 0.29) is 36.7 Å². The minimum atomic E-state index is -2.65. The number of carbonyl (C=O) groups excluding carboxylic acids is 3. The lowest BCUT2D eigenvalue weighted by Gasteiger charge is -2.36. The average molecular weight is 808 g/mol. The molecule has 3 N–H and O–H groups in total. The van der Waals surface area contributed by atoms with Crippen LogP contribution >= 0.6 is 11.3 Å². The van der Waals surface area contributed by atoms with Crippen LogP contribution in [0.25, 0.3) is 33.4 Å². The molecule has 15 heteroatoms. The zero-order chi connectivity index (χ0) is 41.2. The van der Waals surface area contributed by atoms with Gasteiger partial charge in [-0.1, -0.05) is 40.7 Å². The highest BCUT2D eigenvalue weighted by molar-refractivity contribution is 7.10. The number of nitrogens with one attached hydrogen (secondary N) is 3. The molecule has 6 rings (SSSR count). The minimum Gasteiger partial charge on any atom is -0.464 e. The Kier molecular flexibility index (Phi) is 13.1. The maximum absolute atomic E-state index is 14.5. The highest BCUT2D eigenvalue weighted by Gasteiger charge is 2.37. The van der Waals surface area contributed by atoms with Crippen LogP contribution in [0.3, 0.4) is 0 Å². The van der Waals surface area contributed by atoms with Gasteiger partial charge in [-0.15, -0.1) is 11.3 Å². The molecule has 6 bridgehead atoms. The summed E-state index contributed by atoms with van der Waals surface area (Å²) in [6.45, 7) is 11.7. The third-order valence-electron chi connectivity index (χ3n) is 11.3. The SMILES string of the molecule is CNC(C(=O)N[C@H]1Cc2nc(cs2)-c2ccc3c(c2)c(c(-c2cccnc2[C@H](C)OC)n3CC(F)F)CC(C)(C)COC(=O)[C@@H]2CCCN(N2)C1=O)C(C)C(C)C. The summed E-state index contributed by atoms with van der Waals surface area (Å²) in [6, 6.07) is 7.07. The van der Waals surface area contributed by atoms with Crippen LogP contribution in [0.5, 0.6) is 0 Å². The number of thiazole rings is 1. The number of hydrogen-bond donors (Lipinski definition) is 3. The predicted molar refractivity (Wildman–Crippen MR) is 217 cm³/mol. The number of hydrogen-bond acceptors (Lipinski definition) is 10. The molecule has 308 valence electrons. The van der Waals surface area contributed by atoms with Crippen LogP contribution in [0, 0.1) is 17.3 Å². The number of esters is 1. The molecular formula is C42H55F2N7O5S. The molecule has 0 spiro atoms. The van der Waals surface area contributed by atoms with Crippen molar-refractivity contribution in [2.24, 2.45) is 17.3 Å². The van der Waals surface area contributed by atoms with E-state index in [1.165, 1.54) is 16.3 Å². The molecule has 57 heavy (non-hydrogen) atoms. The first kappa shape index (κ1) is 42.3. The molecule has 4 aromatic rings. The molecule has 12 nitrogen and oxygen atoms in total. The van der Waals surface area contributed by atoms with Crippen LogP contribution in [-0.4, -0.2) is 89.2 Å². The molecular weight excluding hydrogens is 753 g/mol. The first-order valence-electron chi connectivity index (χ1n) is 19.7. The van der Waals surface area contributed by atoms with Crippen molar-refractivity contribution in [2.75, 3.05) is 27.3 Å². The Balaban J connectivity index is 1.50. The summed E-state index contributed by atoms with van der Waals surface area (Å²) >= 11 is 1.38. The van der Waals surface area contributed by atoms with Crippen molar-refractivity contribution >= 4 is 40.0 Å². The van der Waals surface area contributed by atoms with E-state index < -0.39 is 48.6 Å². The molecule has 2 aliphatic rings. The second-order valence-corrected chi connectivity index (χ2v) is 17.3. The zero-order valence-corrected chi connectivity index (χ0v) is 34.8. The number of alkyl halides is 2. The Hall–Kier alpha value is -4.31. The summed E-state index contributed by atoms with van der Waals surface area (Å²) < 4.78 is 42.4. The number of cyclic esters (lactones) is 1. The quantitative estimate of drug-likeness (QED) is 0.157. The van der Waals surface area contributed by atoms with E-state index in [1.54, 1.807) is 31.0 Å². The average Bonchev–Trinajstić information content (AvgIpc) is 3.77. The van der Waals surface area contributed by atoms with Gasteiger partial charge in [-0.25, -0.2) is 19.2 Å². The van der Waals surface area contributed by atoms with Crippen molar-refractivity contribution in [1.29, 1.82) is 0 Å². The molecule has 0 radical (unpaired) electrons. The van der Waals surface area contributed by atoms with Gasteiger partial charge in [0, 0.05) is 59.1 Å². The van der Waals surface area contributed by atoms with Crippen LogP contribution in [0.1, 0.15) is 76.8 Å². The van der Waals surface area contributed by atoms with Crippen LogP contribution in [-0.2, 0) is 43.2 Å². The largest absolute Gasteiger partial charge is 0.464 e. The van der Waals surface area contributed by atoms with Gasteiger partial charge in [0.25, 0.3) is 12.3 Å². The molecule has 2 unspecified atom stereocenters. The summed E-state index contributed by atoms with van der Waals surface area (Å²) in [5.41, 5.74) is 7.20. The number of benzene rings is 1. The number of halogens is 2. The van der Waals surface area contributed by atoms with Crippen LogP contribution in [0.15, 0.2) is 41.9 Å². The second-order valence-electron chi connectivity index (χ2n) is 16.4. The Morgan fingerprint density at radius 1 is 1.18 bits per heavy atom. The molecule has 1 saturated heterocycles. The Morgan fingerprint density at radius 2 is 1.95 bits per heavy atom. The van der Waals surface area contributed by atoms with E-state index in [2.05, 4.69) is 21.0 Å². The maximum Gasteiger partial charge on any atom is 0.324 e. The van der Waals surface area contributed by atoms with Crippen LogP contribution < -0.4 is 16.1 Å². The molecule has 2 amide bonds. The first-order chi connectivity index (χ1) is 27.1. The number of hydrazine groups is 1. The fourth-order valence-corrected chi connectivity index (χ4v) is 8.69. The number of carbonyl (C=O) groups is 3. The number of nitrogens with zero attached hydrogens (tertiary/aromatic N) is 4. The van der Waals surface area contributed by atoms with Crippen molar-refractivity contribution < 1.29 is 32.6 Å². The molecule has 1 aromatic carbocycles. The Labute approximate surface area is 337 Å². The molecule has 5 atom stereocenters. The van der Waals surface area contributed by atoms with Gasteiger partial charge in [0.05, 0.1) is 47.4 Å². The lowest BCUT2D eigenvalue weighted by Crippen LogP contribution is -2.62. The molecule has 0 saturated carbocycles. The van der Waals surface area contributed by atoms with E-state index in [0.717, 1.165) is 16.5 Å². The highest BCUT2D eigenvalue weighted by Crippen LogP contribution is 2.42. The summed E-state index contributed by atoms with van der Waals surface area (Å²) in [7, 11) is 3.32. The third kappa shape index (κ3) is 9.21. The van der Waals surface area contributed by atoms with Gasteiger partial charge in [0.15, 0.2) is 0 Å². The predicted octanol–water partition coefficient (Wildman–Crippen LogP) is 6.33. The fraction of sp³-hybridized carbons (Fsp3) is 0.548. The van der Waals surface area contributed by atoms with E-state index in [4.69, 9.17) is 14.5 Å². The van der Waals surface area contributed by atoms with Crippen molar-refractivity contribution in [1.82, 2.24) is 35.6 Å². The molecule has 2 aliphatic heterocycles. The van der Waals surface area contributed by atoms with Gasteiger partial charge in [-0.3, -0.25) is 24.4 Å². The fourth-order valence-electron chi connectivity index (χ4n) is 7.84. The van der Waals surface area contributed by atoms with Crippen molar-refractivity contribution in [3.8, 4) is 22.5 Å². The van der Waals surface area contributed by atoms with E-state index in [0.29, 0.717) is 59.0 Å². The van der Waals surface area contributed by atoms with Gasteiger partial charge < -0.3 is 24.7 Å². The summed E-state index contributed by atoms with van der Waals surface area (Å²) in [5.74, 6) is -0.986. The van der Waals surface area contributed by atoms with Gasteiger partial charge in [-0.05, 0) is 74.9 Å². The van der Waals surface area contributed by atoms with E-state index >= 15 is 0 Å². The number of aromatic nitrogens is 3. The number of pyridine rings is 1. The summed E-state index contributed by atoms with van der Waals surface area (Å²) in [5, 5.41) is 10.9. The van der Waals surface area contributed by atoms with Crippen molar-refractivity contribution in [3.05, 3.63) is 58.2 Å². The van der Waals surface area contributed by atoms with Gasteiger partial charge in [-0.2, -0.15) is 0 Å². The van der Waals surface area contributed by atoms with Gasteiger partial charge in [0.1, 0.15) is 12.1 Å². The van der Waals surface area contributed by atoms with E-state index in [9.17, 15) is 23.2 Å². The Morgan fingerprint density at radius 3 is 2.65 bits per heavy atom. The third-order valence-corrected chi connectivity index (χ3v) is 12.2. The highest BCUT2D eigenvalue weighted by atomic mass is 32.1. The number of likely N-dealkylation sites (N-methyl/N-ethyl adjacent to an activating group) is 1. The topological polar surface area (TPSA) is 140 Å². The number of amides is 2. The summed E-state index contributed by atoms with van der Waals surface area (Å²) in [6.07, 6.45) is 0.0957. The van der Waals surface area contributed by atoms with Crippen molar-refractivity contribution in [2.45, 2.75) is 104 Å². The number of methoxy groups -OCH3 is 1. The van der Waals surface area contributed by atoms with Crippen molar-refractivity contribution in [3.63, 3.8) is 0 Å². The molecule has 0 aliphatic carbocycles. The lowest BCUT2D eigenvalue weighted by molar-refractivity contribution is -0.155.